The lowest BCUT2D eigenvalue weighted by molar-refractivity contribution is -0.132. The number of amides is 1. The standard InChI is InChI=1S/C24H21NO5/c1-28-18-9-6-16(7-10-18)15-25-20-5-3-2-4-19(20)24(27,23(25)26)17-8-11-21-22(14-17)30-13-12-29-21/h2-11,14,27H,12-13,15H2,1H3. The number of anilines is 1. The first kappa shape index (κ1) is 18.5. The molecule has 6 nitrogen and oxygen atoms in total. The highest BCUT2D eigenvalue weighted by Crippen LogP contribution is 2.46. The van der Waals surface area contributed by atoms with Crippen molar-refractivity contribution in [3.63, 3.8) is 0 Å². The molecule has 2 heterocycles. The maximum Gasteiger partial charge on any atom is 0.268 e. The summed E-state index contributed by atoms with van der Waals surface area (Å²) in [5.41, 5.74) is 0.849. The molecule has 2 aliphatic heterocycles. The average Bonchev–Trinajstić information content (AvgIpc) is 3.02. The minimum absolute atomic E-state index is 0.340. The number of hydrogen-bond donors (Lipinski definition) is 1. The first-order valence-electron chi connectivity index (χ1n) is 9.78. The van der Waals surface area contributed by atoms with E-state index in [2.05, 4.69) is 0 Å². The van der Waals surface area contributed by atoms with Crippen LogP contribution in [0.5, 0.6) is 17.2 Å². The van der Waals surface area contributed by atoms with Crippen molar-refractivity contribution in [3.05, 3.63) is 83.4 Å². The van der Waals surface area contributed by atoms with Gasteiger partial charge >= 0.3 is 0 Å². The van der Waals surface area contributed by atoms with Crippen molar-refractivity contribution in [2.24, 2.45) is 0 Å². The summed E-state index contributed by atoms with van der Waals surface area (Å²) < 4.78 is 16.5. The summed E-state index contributed by atoms with van der Waals surface area (Å²) in [5.74, 6) is 1.50. The SMILES string of the molecule is COc1ccc(CN2C(=O)C(O)(c3ccc4c(c3)OCCO4)c3ccccc32)cc1. The van der Waals surface area contributed by atoms with E-state index in [1.807, 2.05) is 42.5 Å². The highest BCUT2D eigenvalue weighted by Gasteiger charge is 2.51. The lowest BCUT2D eigenvalue weighted by Crippen LogP contribution is -2.41. The van der Waals surface area contributed by atoms with Gasteiger partial charge in [0, 0.05) is 11.1 Å². The van der Waals surface area contributed by atoms with Gasteiger partial charge in [0.05, 0.1) is 19.3 Å². The van der Waals surface area contributed by atoms with E-state index in [1.54, 1.807) is 36.3 Å². The second-order valence-electron chi connectivity index (χ2n) is 7.33. The van der Waals surface area contributed by atoms with Crippen molar-refractivity contribution in [2.75, 3.05) is 25.2 Å². The van der Waals surface area contributed by atoms with Crippen LogP contribution in [0.15, 0.2) is 66.7 Å². The number of fused-ring (bicyclic) bond motifs is 2. The van der Waals surface area contributed by atoms with Gasteiger partial charge in [0.25, 0.3) is 5.91 Å². The highest BCUT2D eigenvalue weighted by atomic mass is 16.6. The Morgan fingerprint density at radius 1 is 1.00 bits per heavy atom. The summed E-state index contributed by atoms with van der Waals surface area (Å²) in [6.45, 7) is 1.25. The number of benzene rings is 3. The summed E-state index contributed by atoms with van der Waals surface area (Å²) >= 11 is 0. The summed E-state index contributed by atoms with van der Waals surface area (Å²) in [7, 11) is 1.61. The topological polar surface area (TPSA) is 68.2 Å². The predicted molar refractivity (Wildman–Crippen MR) is 111 cm³/mol. The monoisotopic (exact) mass is 403 g/mol. The van der Waals surface area contributed by atoms with Crippen LogP contribution in [0.2, 0.25) is 0 Å². The fourth-order valence-electron chi connectivity index (χ4n) is 4.05. The molecule has 5 rings (SSSR count). The van der Waals surface area contributed by atoms with Crippen LogP contribution in [0.4, 0.5) is 5.69 Å². The Balaban J connectivity index is 1.55. The van der Waals surface area contributed by atoms with Crippen LogP contribution in [0.1, 0.15) is 16.7 Å². The molecule has 0 saturated heterocycles. The Labute approximate surface area is 174 Å². The summed E-state index contributed by atoms with van der Waals surface area (Å²) in [5, 5.41) is 11.7. The van der Waals surface area contributed by atoms with Gasteiger partial charge in [-0.25, -0.2) is 0 Å². The number of ether oxygens (including phenoxy) is 3. The van der Waals surface area contributed by atoms with Crippen molar-refractivity contribution in [3.8, 4) is 17.2 Å². The molecule has 0 bridgehead atoms. The van der Waals surface area contributed by atoms with Gasteiger partial charge in [0.15, 0.2) is 17.1 Å². The molecule has 2 aliphatic rings. The molecule has 0 radical (unpaired) electrons. The Morgan fingerprint density at radius 2 is 1.73 bits per heavy atom. The first-order chi connectivity index (χ1) is 14.6. The molecule has 0 saturated carbocycles. The van der Waals surface area contributed by atoms with Gasteiger partial charge in [-0.1, -0.05) is 36.4 Å². The third-order valence-electron chi connectivity index (χ3n) is 5.60. The number of hydrogen-bond acceptors (Lipinski definition) is 5. The Bertz CT molecular complexity index is 1110. The van der Waals surface area contributed by atoms with E-state index in [0.717, 1.165) is 11.3 Å². The molecule has 0 aliphatic carbocycles. The second-order valence-corrected chi connectivity index (χ2v) is 7.33. The van der Waals surface area contributed by atoms with Crippen LogP contribution >= 0.6 is 0 Å². The Hall–Kier alpha value is -3.51. The smallest absolute Gasteiger partial charge is 0.268 e. The van der Waals surface area contributed by atoms with Crippen molar-refractivity contribution in [2.45, 2.75) is 12.1 Å². The van der Waals surface area contributed by atoms with Crippen LogP contribution in [-0.2, 0) is 16.9 Å². The summed E-state index contributed by atoms with van der Waals surface area (Å²) in [6, 6.07) is 20.0. The third-order valence-corrected chi connectivity index (χ3v) is 5.60. The van der Waals surface area contributed by atoms with Crippen LogP contribution in [-0.4, -0.2) is 31.3 Å². The van der Waals surface area contributed by atoms with Crippen LogP contribution in [0, 0.1) is 0 Å². The van der Waals surface area contributed by atoms with E-state index in [0.29, 0.717) is 48.1 Å². The first-order valence-corrected chi connectivity index (χ1v) is 9.78. The van der Waals surface area contributed by atoms with Gasteiger partial charge in [-0.15, -0.1) is 0 Å². The number of carbonyl (C=O) groups is 1. The molecule has 1 N–H and O–H groups in total. The number of aliphatic hydroxyl groups is 1. The van der Waals surface area contributed by atoms with Gasteiger partial charge in [0.1, 0.15) is 19.0 Å². The zero-order valence-corrected chi connectivity index (χ0v) is 16.5. The van der Waals surface area contributed by atoms with E-state index in [4.69, 9.17) is 14.2 Å². The molecule has 0 aromatic heterocycles. The lowest BCUT2D eigenvalue weighted by atomic mass is 9.87. The quantitative estimate of drug-likeness (QED) is 0.724. The predicted octanol–water partition coefficient (Wildman–Crippen LogP) is 3.25. The van der Waals surface area contributed by atoms with Crippen molar-refractivity contribution >= 4 is 11.6 Å². The van der Waals surface area contributed by atoms with Crippen LogP contribution < -0.4 is 19.1 Å². The number of carbonyl (C=O) groups excluding carboxylic acids is 1. The molecule has 1 amide bonds. The Morgan fingerprint density at radius 3 is 2.50 bits per heavy atom. The van der Waals surface area contributed by atoms with Crippen LogP contribution in [0.25, 0.3) is 0 Å². The maximum absolute atomic E-state index is 13.6. The van der Waals surface area contributed by atoms with E-state index < -0.39 is 11.5 Å². The molecule has 6 heteroatoms. The molecule has 30 heavy (non-hydrogen) atoms. The maximum atomic E-state index is 13.6. The minimum atomic E-state index is -1.79. The fourth-order valence-corrected chi connectivity index (χ4v) is 4.05. The van der Waals surface area contributed by atoms with Gasteiger partial charge in [-0.3, -0.25) is 4.79 Å². The van der Waals surface area contributed by atoms with E-state index in [1.165, 1.54) is 0 Å². The molecule has 0 spiro atoms. The van der Waals surface area contributed by atoms with Gasteiger partial charge in [0.2, 0.25) is 0 Å². The van der Waals surface area contributed by atoms with E-state index in [9.17, 15) is 9.90 Å². The zero-order chi connectivity index (χ0) is 20.7. The van der Waals surface area contributed by atoms with E-state index >= 15 is 0 Å². The molecule has 3 aromatic rings. The molecule has 1 atom stereocenters. The van der Waals surface area contributed by atoms with Crippen molar-refractivity contribution in [1.29, 1.82) is 0 Å². The van der Waals surface area contributed by atoms with Crippen molar-refractivity contribution < 1.29 is 24.1 Å². The average molecular weight is 403 g/mol. The van der Waals surface area contributed by atoms with Gasteiger partial charge < -0.3 is 24.2 Å². The Kier molecular flexibility index (Phi) is 4.37. The highest BCUT2D eigenvalue weighted by molar-refractivity contribution is 6.09. The third kappa shape index (κ3) is 2.80. The molecule has 0 fully saturated rings. The molecular weight excluding hydrogens is 382 g/mol. The molecule has 152 valence electrons. The summed E-state index contributed by atoms with van der Waals surface area (Å²) in [4.78, 5) is 15.2. The van der Waals surface area contributed by atoms with E-state index in [-0.39, 0.29) is 0 Å². The second kappa shape index (κ2) is 7.07. The minimum Gasteiger partial charge on any atom is -0.497 e. The number of nitrogens with zero attached hydrogens (tertiary/aromatic N) is 1. The fraction of sp³-hybridized carbons (Fsp3) is 0.208. The van der Waals surface area contributed by atoms with Crippen molar-refractivity contribution in [1.82, 2.24) is 0 Å². The normalized spacial score (nSPS) is 19.5. The van der Waals surface area contributed by atoms with Gasteiger partial charge in [-0.05, 0) is 35.9 Å². The molecule has 1 unspecified atom stereocenters. The van der Waals surface area contributed by atoms with Crippen LogP contribution in [0.3, 0.4) is 0 Å². The number of rotatable bonds is 4. The number of methoxy groups -OCH3 is 1. The molecular formula is C24H21NO5. The summed E-state index contributed by atoms with van der Waals surface area (Å²) in [6.07, 6.45) is 0. The molecule has 3 aromatic carbocycles. The van der Waals surface area contributed by atoms with Gasteiger partial charge in [-0.2, -0.15) is 0 Å². The largest absolute Gasteiger partial charge is 0.497 e. The zero-order valence-electron chi connectivity index (χ0n) is 16.5. The lowest BCUT2D eigenvalue weighted by Gasteiger charge is -2.26. The number of para-hydroxylation sites is 1.